The Morgan fingerprint density at radius 1 is 1.24 bits per heavy atom. The standard InChI is InChI=1S/C17H15Cl2N3O3/c18-12-4-3-5-13(17(12)19)25-10-11(23)9-20-14-8-16(24)22-7-2-1-6-15(22)21-14/h1-8,11,20,23H,9-10H2/t11-/m1/s1. The van der Waals surface area contributed by atoms with E-state index in [2.05, 4.69) is 10.3 Å². The lowest BCUT2D eigenvalue weighted by molar-refractivity contribution is 0.117. The summed E-state index contributed by atoms with van der Waals surface area (Å²) in [5.74, 6) is 0.784. The molecule has 0 aliphatic heterocycles. The maximum Gasteiger partial charge on any atom is 0.259 e. The van der Waals surface area contributed by atoms with Crippen molar-refractivity contribution in [3.8, 4) is 5.75 Å². The molecular weight excluding hydrogens is 365 g/mol. The largest absolute Gasteiger partial charge is 0.489 e. The second-order valence-electron chi connectivity index (χ2n) is 5.31. The van der Waals surface area contributed by atoms with Crippen molar-refractivity contribution < 1.29 is 9.84 Å². The van der Waals surface area contributed by atoms with E-state index < -0.39 is 6.10 Å². The first kappa shape index (κ1) is 17.5. The zero-order chi connectivity index (χ0) is 17.8. The molecule has 0 saturated carbocycles. The Labute approximate surface area is 153 Å². The van der Waals surface area contributed by atoms with Crippen molar-refractivity contribution >= 4 is 34.7 Å². The molecule has 6 nitrogen and oxygen atoms in total. The third kappa shape index (κ3) is 4.22. The lowest BCUT2D eigenvalue weighted by Crippen LogP contribution is -2.27. The van der Waals surface area contributed by atoms with Crippen molar-refractivity contribution in [2.45, 2.75) is 6.10 Å². The van der Waals surface area contributed by atoms with Crippen LogP contribution >= 0.6 is 23.2 Å². The van der Waals surface area contributed by atoms with Gasteiger partial charge >= 0.3 is 0 Å². The summed E-state index contributed by atoms with van der Waals surface area (Å²) < 4.78 is 6.91. The number of aromatic nitrogens is 2. The summed E-state index contributed by atoms with van der Waals surface area (Å²) in [6.45, 7) is 0.174. The highest BCUT2D eigenvalue weighted by Gasteiger charge is 2.10. The zero-order valence-corrected chi connectivity index (χ0v) is 14.5. The molecule has 2 heterocycles. The Bertz CT molecular complexity index is 946. The van der Waals surface area contributed by atoms with Crippen LogP contribution in [0.1, 0.15) is 0 Å². The van der Waals surface area contributed by atoms with E-state index in [4.69, 9.17) is 27.9 Å². The summed E-state index contributed by atoms with van der Waals surface area (Å²) in [6.07, 6.45) is 0.817. The molecule has 0 bridgehead atoms. The number of pyridine rings is 1. The zero-order valence-electron chi connectivity index (χ0n) is 13.0. The first-order valence-electron chi connectivity index (χ1n) is 7.52. The van der Waals surface area contributed by atoms with Crippen LogP contribution in [0, 0.1) is 0 Å². The number of hydrogen-bond acceptors (Lipinski definition) is 5. The number of anilines is 1. The molecule has 8 heteroatoms. The predicted octanol–water partition coefficient (Wildman–Crippen LogP) is 2.85. The summed E-state index contributed by atoms with van der Waals surface area (Å²) >= 11 is 11.9. The third-order valence-corrected chi connectivity index (χ3v) is 4.24. The maximum absolute atomic E-state index is 12.0. The molecular formula is C17H15Cl2N3O3. The molecule has 0 unspecified atom stereocenters. The number of ether oxygens (including phenoxy) is 1. The molecule has 0 fully saturated rings. The van der Waals surface area contributed by atoms with Gasteiger partial charge in [-0.15, -0.1) is 0 Å². The van der Waals surface area contributed by atoms with E-state index in [-0.39, 0.29) is 18.7 Å². The van der Waals surface area contributed by atoms with Crippen molar-refractivity contribution in [2.24, 2.45) is 0 Å². The van der Waals surface area contributed by atoms with Crippen molar-refractivity contribution in [2.75, 3.05) is 18.5 Å². The van der Waals surface area contributed by atoms with Gasteiger partial charge in [0, 0.05) is 18.8 Å². The van der Waals surface area contributed by atoms with Crippen LogP contribution in [0.15, 0.2) is 53.5 Å². The Morgan fingerprint density at radius 3 is 2.92 bits per heavy atom. The van der Waals surface area contributed by atoms with Gasteiger partial charge in [-0.3, -0.25) is 9.20 Å². The molecule has 0 amide bonds. The lowest BCUT2D eigenvalue weighted by Gasteiger charge is -2.15. The van der Waals surface area contributed by atoms with Gasteiger partial charge in [0.1, 0.15) is 34.9 Å². The van der Waals surface area contributed by atoms with Crippen LogP contribution in [0.3, 0.4) is 0 Å². The second-order valence-corrected chi connectivity index (χ2v) is 6.09. The number of fused-ring (bicyclic) bond motifs is 1. The highest BCUT2D eigenvalue weighted by Crippen LogP contribution is 2.31. The molecule has 0 spiro atoms. The van der Waals surface area contributed by atoms with E-state index in [9.17, 15) is 9.90 Å². The average Bonchev–Trinajstić information content (AvgIpc) is 2.61. The SMILES string of the molecule is O=c1cc(NC[C@@H](O)COc2cccc(Cl)c2Cl)nc2ccccn12. The van der Waals surface area contributed by atoms with Gasteiger partial charge in [-0.05, 0) is 24.3 Å². The average molecular weight is 380 g/mol. The van der Waals surface area contributed by atoms with Gasteiger partial charge in [0.05, 0.1) is 5.02 Å². The number of hydrogen-bond donors (Lipinski definition) is 2. The van der Waals surface area contributed by atoms with E-state index in [0.717, 1.165) is 0 Å². The van der Waals surface area contributed by atoms with Crippen LogP contribution in [-0.4, -0.2) is 33.7 Å². The maximum atomic E-state index is 12.0. The number of benzene rings is 1. The summed E-state index contributed by atoms with van der Waals surface area (Å²) in [5, 5.41) is 13.6. The molecule has 0 saturated heterocycles. The smallest absolute Gasteiger partial charge is 0.259 e. The van der Waals surface area contributed by atoms with Gasteiger partial charge in [-0.2, -0.15) is 0 Å². The Kier molecular flexibility index (Phi) is 5.43. The highest BCUT2D eigenvalue weighted by atomic mass is 35.5. The molecule has 0 aliphatic rings. The van der Waals surface area contributed by atoms with E-state index >= 15 is 0 Å². The normalized spacial score (nSPS) is 12.1. The number of nitrogens with zero attached hydrogens (tertiary/aromatic N) is 2. The number of nitrogens with one attached hydrogen (secondary N) is 1. The summed E-state index contributed by atoms with van der Waals surface area (Å²) in [4.78, 5) is 16.3. The molecule has 0 aliphatic carbocycles. The summed E-state index contributed by atoms with van der Waals surface area (Å²) in [6, 6.07) is 11.7. The van der Waals surface area contributed by atoms with Crippen molar-refractivity contribution in [1.82, 2.24) is 9.38 Å². The summed E-state index contributed by atoms with van der Waals surface area (Å²) in [5.41, 5.74) is 0.318. The van der Waals surface area contributed by atoms with Gasteiger partial charge in [-0.1, -0.05) is 35.3 Å². The van der Waals surface area contributed by atoms with E-state index in [1.54, 1.807) is 42.6 Å². The minimum atomic E-state index is -0.828. The van der Waals surface area contributed by atoms with Gasteiger partial charge in [0.15, 0.2) is 0 Å². The first-order chi connectivity index (χ1) is 12.0. The number of aliphatic hydroxyl groups is 1. The summed E-state index contributed by atoms with van der Waals surface area (Å²) in [7, 11) is 0. The topological polar surface area (TPSA) is 75.9 Å². The van der Waals surface area contributed by atoms with Crippen LogP contribution in [0.2, 0.25) is 10.0 Å². The molecule has 1 aromatic carbocycles. The van der Waals surface area contributed by atoms with Crippen LogP contribution in [-0.2, 0) is 0 Å². The minimum absolute atomic E-state index is 0.0135. The molecule has 1 atom stereocenters. The molecule has 2 N–H and O–H groups in total. The van der Waals surface area contributed by atoms with Crippen LogP contribution < -0.4 is 15.6 Å². The molecule has 2 aromatic heterocycles. The third-order valence-electron chi connectivity index (χ3n) is 3.44. The van der Waals surface area contributed by atoms with Crippen molar-refractivity contribution in [3.63, 3.8) is 0 Å². The highest BCUT2D eigenvalue weighted by molar-refractivity contribution is 6.42. The Hall–Kier alpha value is -2.28. The van der Waals surface area contributed by atoms with E-state index in [1.165, 1.54) is 10.5 Å². The minimum Gasteiger partial charge on any atom is -0.489 e. The van der Waals surface area contributed by atoms with E-state index in [0.29, 0.717) is 27.3 Å². The second kappa shape index (κ2) is 7.74. The number of aliphatic hydroxyl groups excluding tert-OH is 1. The lowest BCUT2D eigenvalue weighted by atomic mass is 10.3. The van der Waals surface area contributed by atoms with Gasteiger partial charge < -0.3 is 15.2 Å². The van der Waals surface area contributed by atoms with Gasteiger partial charge in [-0.25, -0.2) is 4.98 Å². The molecule has 3 rings (SSSR count). The molecule has 130 valence electrons. The van der Waals surface area contributed by atoms with Crippen LogP contribution in [0.25, 0.3) is 5.65 Å². The Balaban J connectivity index is 1.60. The van der Waals surface area contributed by atoms with Gasteiger partial charge in [0.25, 0.3) is 5.56 Å². The molecule has 0 radical (unpaired) electrons. The fourth-order valence-corrected chi connectivity index (χ4v) is 2.55. The number of rotatable bonds is 6. The molecule has 25 heavy (non-hydrogen) atoms. The predicted molar refractivity (Wildman–Crippen MR) is 97.9 cm³/mol. The molecule has 3 aromatic rings. The van der Waals surface area contributed by atoms with Crippen LogP contribution in [0.5, 0.6) is 5.75 Å². The van der Waals surface area contributed by atoms with Gasteiger partial charge in [0.2, 0.25) is 0 Å². The fourth-order valence-electron chi connectivity index (χ4n) is 2.21. The van der Waals surface area contributed by atoms with Crippen molar-refractivity contribution in [3.05, 3.63) is 69.1 Å². The first-order valence-corrected chi connectivity index (χ1v) is 8.27. The van der Waals surface area contributed by atoms with E-state index in [1.807, 2.05) is 0 Å². The fraction of sp³-hybridized carbons (Fsp3) is 0.176. The van der Waals surface area contributed by atoms with Crippen LogP contribution in [0.4, 0.5) is 5.82 Å². The Morgan fingerprint density at radius 2 is 2.08 bits per heavy atom. The quantitative estimate of drug-likeness (QED) is 0.688. The number of halogens is 2. The monoisotopic (exact) mass is 379 g/mol. The van der Waals surface area contributed by atoms with Crippen molar-refractivity contribution in [1.29, 1.82) is 0 Å².